The van der Waals surface area contributed by atoms with Gasteiger partial charge in [0, 0.05) is 0 Å². The summed E-state index contributed by atoms with van der Waals surface area (Å²) in [4.78, 5) is 2.46. The first-order chi connectivity index (χ1) is 8.83. The van der Waals surface area contributed by atoms with Crippen LogP contribution in [0.25, 0.3) is 0 Å². The van der Waals surface area contributed by atoms with Gasteiger partial charge in [-0.15, -0.1) is 0 Å². The Bertz CT molecular complexity index is 223. The van der Waals surface area contributed by atoms with E-state index in [9.17, 15) is 0 Å². The highest BCUT2D eigenvalue weighted by Crippen LogP contribution is 2.10. The summed E-state index contributed by atoms with van der Waals surface area (Å²) >= 11 is 0. The highest BCUT2D eigenvalue weighted by atomic mass is 15.2. The van der Waals surface area contributed by atoms with E-state index in [1.807, 2.05) is 0 Å². The van der Waals surface area contributed by atoms with Gasteiger partial charge in [0.25, 0.3) is 0 Å². The number of hydrogen-bond donors (Lipinski definition) is 0. The smallest absolute Gasteiger partial charge is 0.234 e. The molecule has 0 aromatic rings. The molecule has 0 bridgehead atoms. The molecule has 0 amide bonds. The molecule has 1 aliphatic rings. The topological polar surface area (TPSA) is 6.25 Å². The molecule has 0 aromatic heterocycles. The molecule has 0 aliphatic carbocycles. The molecule has 0 aromatic carbocycles. The molecule has 0 saturated heterocycles. The Morgan fingerprint density at radius 2 is 1.44 bits per heavy atom. The van der Waals surface area contributed by atoms with Crippen LogP contribution in [0.3, 0.4) is 0 Å². The lowest BCUT2D eigenvalue weighted by atomic mass is 10.1. The molecule has 0 fully saturated rings. The van der Waals surface area contributed by atoms with Gasteiger partial charge in [0.05, 0.1) is 13.6 Å². The summed E-state index contributed by atoms with van der Waals surface area (Å²) in [5.74, 6) is 0. The Labute approximate surface area is 114 Å². The van der Waals surface area contributed by atoms with Crippen molar-refractivity contribution in [3.8, 4) is 0 Å². The standard InChI is InChI=1S/C16H33N2/c1-3-4-5-6-7-8-9-10-11-12-13-18-15-14-17(2)16-18/h16H,3-15H2,1-2H3/q+1. The van der Waals surface area contributed by atoms with Crippen LogP contribution in [0.4, 0.5) is 0 Å². The second-order valence-electron chi connectivity index (χ2n) is 5.81. The Morgan fingerprint density at radius 1 is 0.889 bits per heavy atom. The van der Waals surface area contributed by atoms with Crippen LogP contribution in [0.1, 0.15) is 71.1 Å². The predicted octanol–water partition coefficient (Wildman–Crippen LogP) is 3.89. The van der Waals surface area contributed by atoms with Gasteiger partial charge in [-0.05, 0) is 12.8 Å². The summed E-state index contributed by atoms with van der Waals surface area (Å²) in [5, 5.41) is 0. The van der Waals surface area contributed by atoms with Crippen molar-refractivity contribution >= 4 is 6.34 Å². The minimum atomic E-state index is 1.21. The number of nitrogens with zero attached hydrogens (tertiary/aromatic N) is 2. The van der Waals surface area contributed by atoms with Crippen molar-refractivity contribution in [2.75, 3.05) is 26.7 Å². The lowest BCUT2D eigenvalue weighted by Crippen LogP contribution is -2.20. The molecule has 0 N–H and O–H groups in total. The highest BCUT2D eigenvalue weighted by molar-refractivity contribution is 5.50. The summed E-state index contributed by atoms with van der Waals surface area (Å²) < 4.78 is 2.29. The third-order valence-corrected chi connectivity index (χ3v) is 3.90. The second kappa shape index (κ2) is 10.4. The molecule has 2 nitrogen and oxygen atoms in total. The van der Waals surface area contributed by atoms with E-state index < -0.39 is 0 Å². The summed E-state index contributed by atoms with van der Waals surface area (Å²) in [6.45, 7) is 5.99. The van der Waals surface area contributed by atoms with Crippen LogP contribution in [-0.2, 0) is 0 Å². The first-order valence-corrected chi connectivity index (χ1v) is 8.12. The van der Waals surface area contributed by atoms with Crippen molar-refractivity contribution < 1.29 is 4.58 Å². The molecule has 0 atom stereocenters. The zero-order chi connectivity index (χ0) is 13.1. The van der Waals surface area contributed by atoms with Gasteiger partial charge in [-0.3, -0.25) is 9.48 Å². The van der Waals surface area contributed by atoms with Crippen molar-refractivity contribution in [1.29, 1.82) is 0 Å². The maximum atomic E-state index is 2.46. The number of likely N-dealkylation sites (N-methyl/N-ethyl adjacent to an activating group) is 1. The third-order valence-electron chi connectivity index (χ3n) is 3.90. The summed E-state index contributed by atoms with van der Waals surface area (Å²) in [7, 11) is 2.17. The van der Waals surface area contributed by atoms with E-state index in [1.54, 1.807) is 0 Å². The van der Waals surface area contributed by atoms with Crippen LogP contribution < -0.4 is 0 Å². The van der Waals surface area contributed by atoms with Gasteiger partial charge in [-0.25, -0.2) is 0 Å². The quantitative estimate of drug-likeness (QED) is 0.400. The lowest BCUT2D eigenvalue weighted by molar-refractivity contribution is -0.482. The normalized spacial score (nSPS) is 15.2. The Morgan fingerprint density at radius 3 is 1.94 bits per heavy atom. The maximum Gasteiger partial charge on any atom is 0.234 e. The minimum Gasteiger partial charge on any atom is -0.267 e. The second-order valence-corrected chi connectivity index (χ2v) is 5.81. The Hall–Kier alpha value is -0.530. The zero-order valence-electron chi connectivity index (χ0n) is 12.7. The lowest BCUT2D eigenvalue weighted by Gasteiger charge is -2.06. The predicted molar refractivity (Wildman–Crippen MR) is 80.5 cm³/mol. The van der Waals surface area contributed by atoms with Crippen LogP contribution in [-0.4, -0.2) is 42.5 Å². The fourth-order valence-electron chi connectivity index (χ4n) is 2.65. The fraction of sp³-hybridized carbons (Fsp3) is 0.938. The average Bonchev–Trinajstić information content (AvgIpc) is 2.77. The van der Waals surface area contributed by atoms with E-state index in [-0.39, 0.29) is 0 Å². The number of hydrogen-bond acceptors (Lipinski definition) is 1. The largest absolute Gasteiger partial charge is 0.267 e. The molecule has 18 heavy (non-hydrogen) atoms. The summed E-state index contributed by atoms with van der Waals surface area (Å²) in [6.07, 6.45) is 16.6. The van der Waals surface area contributed by atoms with Crippen molar-refractivity contribution in [3.63, 3.8) is 0 Å². The zero-order valence-corrected chi connectivity index (χ0v) is 12.7. The molecule has 106 valence electrons. The van der Waals surface area contributed by atoms with Gasteiger partial charge < -0.3 is 0 Å². The van der Waals surface area contributed by atoms with E-state index in [4.69, 9.17) is 0 Å². The Kier molecular flexibility index (Phi) is 8.97. The van der Waals surface area contributed by atoms with Crippen molar-refractivity contribution in [3.05, 3.63) is 0 Å². The van der Waals surface area contributed by atoms with Crippen LogP contribution in [0.15, 0.2) is 0 Å². The third kappa shape index (κ3) is 7.73. The van der Waals surface area contributed by atoms with Gasteiger partial charge in [-0.1, -0.05) is 58.3 Å². The van der Waals surface area contributed by atoms with E-state index in [1.165, 1.54) is 83.8 Å². The first-order valence-electron chi connectivity index (χ1n) is 8.12. The van der Waals surface area contributed by atoms with E-state index >= 15 is 0 Å². The molecule has 2 heteroatoms. The van der Waals surface area contributed by atoms with Gasteiger partial charge >= 0.3 is 0 Å². The van der Waals surface area contributed by atoms with Gasteiger partial charge in [0.2, 0.25) is 6.34 Å². The molecule has 0 saturated carbocycles. The van der Waals surface area contributed by atoms with Crippen molar-refractivity contribution in [1.82, 2.24) is 4.90 Å². The van der Waals surface area contributed by atoms with Gasteiger partial charge in [0.15, 0.2) is 0 Å². The molecular weight excluding hydrogens is 220 g/mol. The highest BCUT2D eigenvalue weighted by Gasteiger charge is 2.14. The van der Waals surface area contributed by atoms with Crippen molar-refractivity contribution in [2.45, 2.75) is 71.1 Å². The molecule has 1 rings (SSSR count). The van der Waals surface area contributed by atoms with Crippen molar-refractivity contribution in [2.24, 2.45) is 0 Å². The SMILES string of the molecule is CCCCCCCCCCCCN1C=[N+](C)CC1. The maximum absolute atomic E-state index is 2.46. The molecular formula is C16H33N2+. The van der Waals surface area contributed by atoms with Crippen LogP contribution in [0.5, 0.6) is 0 Å². The summed E-state index contributed by atoms with van der Waals surface area (Å²) in [5.41, 5.74) is 0. The minimum absolute atomic E-state index is 1.21. The molecule has 0 spiro atoms. The van der Waals surface area contributed by atoms with Crippen LogP contribution >= 0.6 is 0 Å². The number of unbranched alkanes of at least 4 members (excludes halogenated alkanes) is 9. The molecule has 0 radical (unpaired) electrons. The van der Waals surface area contributed by atoms with E-state index in [2.05, 4.69) is 29.8 Å². The van der Waals surface area contributed by atoms with Gasteiger partial charge in [0.1, 0.15) is 13.1 Å². The van der Waals surface area contributed by atoms with E-state index in [0.717, 1.165) is 0 Å². The molecule has 0 unspecified atom stereocenters. The van der Waals surface area contributed by atoms with Crippen LogP contribution in [0.2, 0.25) is 0 Å². The monoisotopic (exact) mass is 253 g/mol. The average molecular weight is 253 g/mol. The van der Waals surface area contributed by atoms with Crippen LogP contribution in [0, 0.1) is 0 Å². The van der Waals surface area contributed by atoms with E-state index in [0.29, 0.717) is 0 Å². The molecule has 1 heterocycles. The first kappa shape index (κ1) is 15.5. The Balaban J connectivity index is 1.76. The number of rotatable bonds is 11. The molecule has 1 aliphatic heterocycles. The summed E-state index contributed by atoms with van der Waals surface area (Å²) in [6, 6.07) is 0. The van der Waals surface area contributed by atoms with Gasteiger partial charge in [-0.2, -0.15) is 0 Å². The fourth-order valence-corrected chi connectivity index (χ4v) is 2.65.